The quantitative estimate of drug-likeness (QED) is 0.568. The van der Waals surface area contributed by atoms with Crippen LogP contribution in [0.3, 0.4) is 0 Å². The smallest absolute Gasteiger partial charge is 0.415 e. The zero-order valence-electron chi connectivity index (χ0n) is 20.4. The normalized spacial score (nSPS) is 19.5. The van der Waals surface area contributed by atoms with E-state index < -0.39 is 0 Å². The fraction of sp³-hybridized carbons (Fsp3) is 0.500. The van der Waals surface area contributed by atoms with Gasteiger partial charge in [0.25, 0.3) is 0 Å². The lowest BCUT2D eigenvalue weighted by Crippen LogP contribution is -2.47. The number of carbonyl (C=O) groups is 2. The minimum Gasteiger partial charge on any atom is -0.447 e. The second-order valence-corrected chi connectivity index (χ2v) is 9.10. The lowest BCUT2D eigenvalue weighted by atomic mass is 10.0. The van der Waals surface area contributed by atoms with Crippen molar-refractivity contribution in [3.05, 3.63) is 48.7 Å². The highest BCUT2D eigenvalue weighted by atomic mass is 16.6. The number of anilines is 2. The largest absolute Gasteiger partial charge is 0.447 e. The van der Waals surface area contributed by atoms with Gasteiger partial charge >= 0.3 is 6.09 Å². The lowest BCUT2D eigenvalue weighted by molar-refractivity contribution is -0.127. The maximum absolute atomic E-state index is 12.3. The average Bonchev–Trinajstić information content (AvgIpc) is 3.26. The van der Waals surface area contributed by atoms with Crippen LogP contribution in [0.4, 0.5) is 16.6 Å². The van der Waals surface area contributed by atoms with E-state index in [0.717, 1.165) is 24.5 Å². The van der Waals surface area contributed by atoms with Gasteiger partial charge in [-0.15, -0.1) is 0 Å². The third-order valence-electron chi connectivity index (χ3n) is 6.36. The minimum absolute atomic E-state index is 0.0265. The van der Waals surface area contributed by atoms with Crippen molar-refractivity contribution in [1.82, 2.24) is 29.7 Å². The average molecular weight is 481 g/mol. The molecule has 11 nitrogen and oxygen atoms in total. The van der Waals surface area contributed by atoms with E-state index in [0.29, 0.717) is 38.0 Å². The molecule has 0 radical (unpaired) electrons. The Morgan fingerprint density at radius 2 is 1.91 bits per heavy atom. The highest BCUT2D eigenvalue weighted by Crippen LogP contribution is 2.26. The summed E-state index contributed by atoms with van der Waals surface area (Å²) in [4.78, 5) is 47.5. The first kappa shape index (κ1) is 24.5. The van der Waals surface area contributed by atoms with E-state index in [1.165, 1.54) is 6.08 Å². The number of rotatable bonds is 8. The maximum Gasteiger partial charge on any atom is 0.415 e. The maximum atomic E-state index is 12.3. The molecule has 0 spiro atoms. The van der Waals surface area contributed by atoms with Gasteiger partial charge < -0.3 is 15.0 Å². The van der Waals surface area contributed by atoms with Crippen molar-refractivity contribution >= 4 is 23.8 Å². The zero-order valence-corrected chi connectivity index (χ0v) is 20.4. The molecule has 0 aromatic carbocycles. The molecule has 186 valence electrons. The third kappa shape index (κ3) is 5.73. The van der Waals surface area contributed by atoms with Crippen LogP contribution in [-0.4, -0.2) is 80.6 Å². The van der Waals surface area contributed by atoms with E-state index >= 15 is 0 Å². The first-order chi connectivity index (χ1) is 16.9. The van der Waals surface area contributed by atoms with Gasteiger partial charge in [-0.25, -0.2) is 19.7 Å². The summed E-state index contributed by atoms with van der Waals surface area (Å²) in [7, 11) is 0. The number of hydrogen-bond donors (Lipinski definition) is 1. The lowest BCUT2D eigenvalue weighted by Gasteiger charge is -2.33. The van der Waals surface area contributed by atoms with Gasteiger partial charge in [0.15, 0.2) is 0 Å². The topological polar surface area (TPSA) is 117 Å². The Balaban J connectivity index is 1.35. The molecule has 0 aliphatic carbocycles. The highest BCUT2D eigenvalue weighted by molar-refractivity contribution is 5.89. The van der Waals surface area contributed by atoms with Crippen molar-refractivity contribution in [3.63, 3.8) is 0 Å². The van der Waals surface area contributed by atoms with Crippen molar-refractivity contribution in [2.45, 2.75) is 39.4 Å². The molecule has 1 unspecified atom stereocenters. The van der Waals surface area contributed by atoms with Gasteiger partial charge in [-0.2, -0.15) is 4.98 Å². The van der Waals surface area contributed by atoms with Gasteiger partial charge in [-0.1, -0.05) is 20.4 Å². The Morgan fingerprint density at radius 1 is 1.20 bits per heavy atom. The van der Waals surface area contributed by atoms with Crippen molar-refractivity contribution in [2.24, 2.45) is 5.92 Å². The second-order valence-electron chi connectivity index (χ2n) is 9.10. The predicted octanol–water partition coefficient (Wildman–Crippen LogP) is 2.25. The fourth-order valence-electron chi connectivity index (χ4n) is 4.15. The molecule has 2 atom stereocenters. The fourth-order valence-corrected chi connectivity index (χ4v) is 4.15. The second kappa shape index (κ2) is 10.8. The summed E-state index contributed by atoms with van der Waals surface area (Å²) in [5, 5.41) is 3.27. The molecule has 0 bridgehead atoms. The van der Waals surface area contributed by atoms with Crippen LogP contribution in [0.5, 0.6) is 0 Å². The molecule has 11 heteroatoms. The molecule has 35 heavy (non-hydrogen) atoms. The summed E-state index contributed by atoms with van der Waals surface area (Å²) in [6, 6.07) is 1.51. The van der Waals surface area contributed by atoms with Crippen LogP contribution >= 0.6 is 0 Å². The monoisotopic (exact) mass is 480 g/mol. The summed E-state index contributed by atoms with van der Waals surface area (Å²) in [5.41, 5.74) is 0.893. The standard InChI is InChI=1S/C24H32N8O3/c1-5-22(33)31-10-8-30(9-11-31)14-20-26-12-18(13-27-20)17(4)28-23-25-7-6-21(29-23)32-19(16(2)3)15-35-24(32)34/h5-7,12-13,16-17,19H,1,8-11,14-15H2,2-4H3,(H,25,28,29)/t17?,19-/m1/s1. The molecule has 4 rings (SSSR count). The van der Waals surface area contributed by atoms with Crippen LogP contribution in [0.2, 0.25) is 0 Å². The number of nitrogens with zero attached hydrogens (tertiary/aromatic N) is 7. The van der Waals surface area contributed by atoms with E-state index in [2.05, 4.69) is 50.6 Å². The van der Waals surface area contributed by atoms with Gasteiger partial charge in [0.05, 0.1) is 18.6 Å². The number of nitrogens with one attached hydrogen (secondary N) is 1. The number of hydrogen-bond acceptors (Lipinski definition) is 9. The molecule has 2 aromatic rings. The first-order valence-corrected chi connectivity index (χ1v) is 11.9. The first-order valence-electron chi connectivity index (χ1n) is 11.9. The highest BCUT2D eigenvalue weighted by Gasteiger charge is 2.37. The molecule has 1 N–H and O–H groups in total. The van der Waals surface area contributed by atoms with Crippen LogP contribution in [0, 0.1) is 5.92 Å². The molecule has 4 heterocycles. The number of piperazine rings is 1. The Morgan fingerprint density at radius 3 is 2.57 bits per heavy atom. The Kier molecular flexibility index (Phi) is 7.54. The molecular weight excluding hydrogens is 448 g/mol. The minimum atomic E-state index is -0.390. The number of ether oxygens (including phenoxy) is 1. The number of carbonyl (C=O) groups excluding carboxylic acids is 2. The van der Waals surface area contributed by atoms with E-state index in [-0.39, 0.29) is 30.0 Å². The SMILES string of the molecule is C=CC(=O)N1CCN(Cc2ncc(C(C)Nc3nccc(N4C(=O)OC[C@@H]4C(C)C)n3)cn2)CC1. The van der Waals surface area contributed by atoms with Crippen molar-refractivity contribution in [1.29, 1.82) is 0 Å². The van der Waals surface area contributed by atoms with Gasteiger partial charge in [-0.3, -0.25) is 14.6 Å². The third-order valence-corrected chi connectivity index (χ3v) is 6.36. The van der Waals surface area contributed by atoms with Gasteiger partial charge in [-0.05, 0) is 25.0 Å². The Bertz CT molecular complexity index is 1050. The predicted molar refractivity (Wildman–Crippen MR) is 131 cm³/mol. The van der Waals surface area contributed by atoms with Crippen molar-refractivity contribution in [3.8, 4) is 0 Å². The molecule has 2 amide bonds. The van der Waals surface area contributed by atoms with E-state index in [9.17, 15) is 9.59 Å². The van der Waals surface area contributed by atoms with Crippen LogP contribution in [0.15, 0.2) is 37.3 Å². The van der Waals surface area contributed by atoms with Crippen molar-refractivity contribution < 1.29 is 14.3 Å². The molecule has 0 saturated carbocycles. The summed E-state index contributed by atoms with van der Waals surface area (Å²) < 4.78 is 5.24. The van der Waals surface area contributed by atoms with Crippen LogP contribution in [0.25, 0.3) is 0 Å². The van der Waals surface area contributed by atoms with Crippen molar-refractivity contribution in [2.75, 3.05) is 43.0 Å². The number of cyclic esters (lactones) is 1. The molecule has 2 aromatic heterocycles. The van der Waals surface area contributed by atoms with Gasteiger partial charge in [0, 0.05) is 50.3 Å². The molecule has 2 aliphatic rings. The number of amides is 2. The van der Waals surface area contributed by atoms with E-state index in [4.69, 9.17) is 4.74 Å². The van der Waals surface area contributed by atoms with Gasteiger partial charge in [0.2, 0.25) is 11.9 Å². The number of aromatic nitrogens is 4. The van der Waals surface area contributed by atoms with Gasteiger partial charge in [0.1, 0.15) is 18.2 Å². The Hall–Kier alpha value is -3.60. The van der Waals surface area contributed by atoms with E-state index in [1.54, 1.807) is 34.5 Å². The summed E-state index contributed by atoms with van der Waals surface area (Å²) in [6.45, 7) is 13.5. The summed E-state index contributed by atoms with van der Waals surface area (Å²) >= 11 is 0. The van der Waals surface area contributed by atoms with Crippen LogP contribution < -0.4 is 10.2 Å². The van der Waals surface area contributed by atoms with E-state index in [1.807, 2.05) is 6.92 Å². The van der Waals surface area contributed by atoms with Crippen LogP contribution in [0.1, 0.15) is 38.2 Å². The summed E-state index contributed by atoms with van der Waals surface area (Å²) in [6.07, 6.45) is 6.19. The Labute approximate surface area is 205 Å². The molecular formula is C24H32N8O3. The van der Waals surface area contributed by atoms with Crippen LogP contribution in [-0.2, 0) is 16.1 Å². The molecule has 2 saturated heterocycles. The summed E-state index contributed by atoms with van der Waals surface area (Å²) in [5.74, 6) is 1.86. The zero-order chi connectivity index (χ0) is 24.9. The molecule has 2 fully saturated rings. The molecule has 2 aliphatic heterocycles.